The van der Waals surface area contributed by atoms with Crippen molar-refractivity contribution in [2.24, 2.45) is 0 Å². The Hall–Kier alpha value is -2.35. The summed E-state index contributed by atoms with van der Waals surface area (Å²) in [5, 5.41) is 13.0. The molecule has 1 aliphatic rings. The number of H-pyrrole nitrogens is 1. The van der Waals surface area contributed by atoms with E-state index < -0.39 is 60.1 Å². The molecule has 0 unspecified atom stereocenters. The van der Waals surface area contributed by atoms with Crippen LogP contribution >= 0.6 is 23.7 Å². The minimum Gasteiger partial charge on any atom is -0.465 e. The zero-order valence-corrected chi connectivity index (χ0v) is 22.0. The molecule has 3 rings (SSSR count). The molecule has 2 aromatic rings. The lowest BCUT2D eigenvalue weighted by Gasteiger charge is -2.29. The van der Waals surface area contributed by atoms with E-state index in [-0.39, 0.29) is 12.4 Å². The summed E-state index contributed by atoms with van der Waals surface area (Å²) >= 11 is 2.69. The van der Waals surface area contributed by atoms with Crippen molar-refractivity contribution in [1.29, 1.82) is 0 Å². The first kappa shape index (κ1) is 28.2. The third-order valence-electron chi connectivity index (χ3n) is 5.08. The van der Waals surface area contributed by atoms with Crippen molar-refractivity contribution in [2.45, 2.75) is 49.3 Å². The number of nitrogens with zero attached hydrogens (tertiary/aromatic N) is 1. The number of hydrogen-bond donors (Lipinski definition) is 3. The van der Waals surface area contributed by atoms with Crippen molar-refractivity contribution >= 4 is 29.6 Å². The van der Waals surface area contributed by atoms with E-state index in [0.717, 1.165) is 12.3 Å². The molecule has 0 amide bonds. The van der Waals surface area contributed by atoms with Gasteiger partial charge in [-0.3, -0.25) is 14.1 Å². The van der Waals surface area contributed by atoms with Gasteiger partial charge in [0.15, 0.2) is 6.23 Å². The van der Waals surface area contributed by atoms with Gasteiger partial charge in [0, 0.05) is 12.3 Å². The highest BCUT2D eigenvalue weighted by molar-refractivity contribution is 9.10. The van der Waals surface area contributed by atoms with Crippen molar-refractivity contribution in [3.05, 3.63) is 63.4 Å². The number of ether oxygens (including phenoxy) is 2. The molecule has 12 nitrogen and oxygen atoms in total. The monoisotopic (exact) mass is 593 g/mol. The molecule has 0 radical (unpaired) electrons. The summed E-state index contributed by atoms with van der Waals surface area (Å²) < 4.78 is 48.2. The Balaban J connectivity index is 1.85. The van der Waals surface area contributed by atoms with E-state index in [1.54, 1.807) is 25.1 Å². The second-order valence-electron chi connectivity index (χ2n) is 8.29. The number of aliphatic hydroxyl groups excluding tert-OH is 1. The number of esters is 1. The van der Waals surface area contributed by atoms with Crippen LogP contribution in [0.4, 0.5) is 4.39 Å². The molecule has 1 fully saturated rings. The fourth-order valence-corrected chi connectivity index (χ4v) is 5.61. The molecule has 0 aliphatic carbocycles. The van der Waals surface area contributed by atoms with Crippen LogP contribution in [-0.4, -0.2) is 56.2 Å². The van der Waals surface area contributed by atoms with Gasteiger partial charge in [0.25, 0.3) is 5.56 Å². The molecule has 15 heteroatoms. The van der Waals surface area contributed by atoms with Crippen LogP contribution in [0.2, 0.25) is 0 Å². The second kappa shape index (κ2) is 11.0. The van der Waals surface area contributed by atoms with Gasteiger partial charge in [-0.15, -0.1) is 0 Å². The number of hydrogen-bond acceptors (Lipinski definition) is 9. The summed E-state index contributed by atoms with van der Waals surface area (Å²) in [6, 6.07) is 8.88. The standard InChI is InChI=1S/C21H26BrFN3O9P/c1-4-32-18(29)20(2,3)25-36(31,35-13-8-6-5-7-9-13)33-12-14-16(28)21(22,23)17(34-14)26-15(27)10-11-24-19(26)30/h5-11,14,16-17,28H,4,12H2,1-3H3,(H,24,30)(H,25,31)/t14-,16-,17-,21-,36+/m1/s1. The molecule has 0 spiro atoms. The van der Waals surface area contributed by atoms with E-state index >= 15 is 4.39 Å². The summed E-state index contributed by atoms with van der Waals surface area (Å²) in [6.07, 6.45) is -4.27. The summed E-state index contributed by atoms with van der Waals surface area (Å²) in [6.45, 7) is 3.74. The van der Waals surface area contributed by atoms with Crippen LogP contribution in [0.5, 0.6) is 5.75 Å². The Morgan fingerprint density at radius 2 is 2.00 bits per heavy atom. The Morgan fingerprint density at radius 3 is 2.61 bits per heavy atom. The number of rotatable bonds is 10. The number of aliphatic hydroxyl groups is 1. The first-order chi connectivity index (χ1) is 16.8. The molecular weight excluding hydrogens is 568 g/mol. The van der Waals surface area contributed by atoms with Crippen LogP contribution in [0.15, 0.2) is 52.2 Å². The van der Waals surface area contributed by atoms with Crippen molar-refractivity contribution in [3.8, 4) is 5.75 Å². The van der Waals surface area contributed by atoms with Gasteiger partial charge in [-0.1, -0.05) is 18.2 Å². The molecular formula is C21H26BrFN3O9P. The molecule has 3 N–H and O–H groups in total. The third-order valence-corrected chi connectivity index (χ3v) is 7.72. The Bertz CT molecular complexity index is 1210. The molecule has 1 aromatic carbocycles. The number of carbonyl (C=O) groups is 1. The summed E-state index contributed by atoms with van der Waals surface area (Å²) in [7, 11) is -4.39. The fourth-order valence-electron chi connectivity index (χ4n) is 3.32. The van der Waals surface area contributed by atoms with E-state index in [2.05, 4.69) is 26.0 Å². The molecule has 5 atom stereocenters. The van der Waals surface area contributed by atoms with E-state index in [4.69, 9.17) is 18.5 Å². The first-order valence-electron chi connectivity index (χ1n) is 10.8. The lowest BCUT2D eigenvalue weighted by Crippen LogP contribution is -2.47. The molecule has 198 valence electrons. The average Bonchev–Trinajstić information content (AvgIpc) is 3.01. The van der Waals surface area contributed by atoms with Crippen molar-refractivity contribution < 1.29 is 37.4 Å². The maximum absolute atomic E-state index is 15.4. The van der Waals surface area contributed by atoms with Gasteiger partial charge in [0.2, 0.25) is 4.58 Å². The van der Waals surface area contributed by atoms with Crippen LogP contribution in [-0.2, 0) is 23.4 Å². The zero-order chi connectivity index (χ0) is 26.7. The van der Waals surface area contributed by atoms with Gasteiger partial charge in [-0.05, 0) is 48.8 Å². The maximum atomic E-state index is 15.4. The predicted octanol–water partition coefficient (Wildman–Crippen LogP) is 1.99. The van der Waals surface area contributed by atoms with E-state index in [1.165, 1.54) is 26.0 Å². The summed E-state index contributed by atoms with van der Waals surface area (Å²) in [5.74, 6) is -0.616. The lowest BCUT2D eigenvalue weighted by molar-refractivity contribution is -0.149. The highest BCUT2D eigenvalue weighted by Crippen LogP contribution is 2.49. The number of nitrogens with one attached hydrogen (secondary N) is 2. The van der Waals surface area contributed by atoms with Crippen molar-refractivity contribution in [3.63, 3.8) is 0 Å². The largest absolute Gasteiger partial charge is 0.465 e. The number of alkyl halides is 2. The molecule has 36 heavy (non-hydrogen) atoms. The highest BCUT2D eigenvalue weighted by atomic mass is 79.9. The second-order valence-corrected chi connectivity index (χ2v) is 11.2. The lowest BCUT2D eigenvalue weighted by atomic mass is 10.1. The van der Waals surface area contributed by atoms with Gasteiger partial charge in [0.05, 0.1) is 13.2 Å². The maximum Gasteiger partial charge on any atom is 0.459 e. The topological polar surface area (TPSA) is 158 Å². The SMILES string of the molecule is CCOC(=O)C(C)(C)N[P@](=O)(OC[C@H]1O[C@@H](n2c(=O)cc[nH]c2=O)[C@@](F)(Br)[C@@H]1O)Oc1ccccc1. The molecule has 1 saturated heterocycles. The van der Waals surface area contributed by atoms with Crippen LogP contribution in [0.1, 0.15) is 27.0 Å². The van der Waals surface area contributed by atoms with Crippen LogP contribution < -0.4 is 20.9 Å². The smallest absolute Gasteiger partial charge is 0.459 e. The van der Waals surface area contributed by atoms with E-state index in [0.29, 0.717) is 4.57 Å². The van der Waals surface area contributed by atoms with Gasteiger partial charge in [-0.2, -0.15) is 5.09 Å². The fraction of sp³-hybridized carbons (Fsp3) is 0.476. The Morgan fingerprint density at radius 1 is 1.33 bits per heavy atom. The van der Waals surface area contributed by atoms with Gasteiger partial charge in [-0.25, -0.2) is 18.3 Å². The van der Waals surface area contributed by atoms with E-state index in [1.807, 2.05) is 0 Å². The number of halogens is 2. The first-order valence-corrected chi connectivity index (χ1v) is 13.1. The zero-order valence-electron chi connectivity index (χ0n) is 19.6. The molecule has 1 aliphatic heterocycles. The number of benzene rings is 1. The number of aromatic nitrogens is 2. The molecule has 0 saturated carbocycles. The highest BCUT2D eigenvalue weighted by Gasteiger charge is 2.58. The quantitative estimate of drug-likeness (QED) is 0.211. The van der Waals surface area contributed by atoms with Gasteiger partial charge in [0.1, 0.15) is 23.5 Å². The number of para-hydroxylation sites is 1. The molecule has 0 bridgehead atoms. The average molecular weight is 594 g/mol. The minimum atomic E-state index is -4.39. The number of carbonyl (C=O) groups excluding carboxylic acids is 1. The normalized spacial score (nSPS) is 25.8. The minimum absolute atomic E-state index is 0.0694. The number of aromatic amines is 1. The van der Waals surface area contributed by atoms with Crippen LogP contribution in [0, 0.1) is 0 Å². The van der Waals surface area contributed by atoms with E-state index in [9.17, 15) is 24.1 Å². The van der Waals surface area contributed by atoms with Crippen molar-refractivity contribution in [1.82, 2.24) is 14.6 Å². The summed E-state index contributed by atoms with van der Waals surface area (Å²) in [4.78, 5) is 38.9. The van der Waals surface area contributed by atoms with Gasteiger partial charge >= 0.3 is 19.4 Å². The molecule has 1 aromatic heterocycles. The predicted molar refractivity (Wildman–Crippen MR) is 128 cm³/mol. The molecule has 2 heterocycles. The Labute approximate surface area is 213 Å². The summed E-state index contributed by atoms with van der Waals surface area (Å²) in [5.41, 5.74) is -3.39. The van der Waals surface area contributed by atoms with Gasteiger partial charge < -0.3 is 24.1 Å². The van der Waals surface area contributed by atoms with Crippen LogP contribution in [0.3, 0.4) is 0 Å². The van der Waals surface area contributed by atoms with Crippen LogP contribution in [0.25, 0.3) is 0 Å². The van der Waals surface area contributed by atoms with Crippen molar-refractivity contribution in [2.75, 3.05) is 13.2 Å². The Kier molecular flexibility index (Phi) is 8.59. The third kappa shape index (κ3) is 6.13.